The zero-order chi connectivity index (χ0) is 13.8. The minimum atomic E-state index is 0.642. The minimum Gasteiger partial charge on any atom is -0.382 e. The standard InChI is InChI=1S/C17H28N2/c1-13-5-6-14(2)17(11-13)18-16-9-7-15(8-10-16)12-19(3)4/h7-10,13-14,17-18H,5-6,11-12H2,1-4H3. The monoisotopic (exact) mass is 260 g/mol. The molecule has 1 aliphatic rings. The summed E-state index contributed by atoms with van der Waals surface area (Å²) in [5.74, 6) is 1.65. The molecular weight excluding hydrogens is 232 g/mol. The van der Waals surface area contributed by atoms with Crippen molar-refractivity contribution in [1.82, 2.24) is 4.90 Å². The topological polar surface area (TPSA) is 15.3 Å². The van der Waals surface area contributed by atoms with Crippen LogP contribution in [0, 0.1) is 11.8 Å². The molecule has 0 saturated heterocycles. The van der Waals surface area contributed by atoms with E-state index in [1.54, 1.807) is 0 Å². The smallest absolute Gasteiger partial charge is 0.0342 e. The predicted molar refractivity (Wildman–Crippen MR) is 83.4 cm³/mol. The average Bonchev–Trinajstić information content (AvgIpc) is 2.35. The van der Waals surface area contributed by atoms with Gasteiger partial charge in [-0.15, -0.1) is 0 Å². The Morgan fingerprint density at radius 2 is 1.79 bits per heavy atom. The highest BCUT2D eigenvalue weighted by Crippen LogP contribution is 2.30. The van der Waals surface area contributed by atoms with E-state index in [0.717, 1.165) is 18.4 Å². The van der Waals surface area contributed by atoms with Gasteiger partial charge in [-0.05, 0) is 56.5 Å². The maximum atomic E-state index is 3.73. The summed E-state index contributed by atoms with van der Waals surface area (Å²) in [6, 6.07) is 9.57. The third kappa shape index (κ3) is 4.24. The Bertz CT molecular complexity index is 383. The number of hydrogen-bond acceptors (Lipinski definition) is 2. The number of hydrogen-bond donors (Lipinski definition) is 1. The number of rotatable bonds is 4. The first-order valence-electron chi connectivity index (χ1n) is 7.55. The van der Waals surface area contributed by atoms with Gasteiger partial charge in [0, 0.05) is 18.3 Å². The minimum absolute atomic E-state index is 0.642. The van der Waals surface area contributed by atoms with Gasteiger partial charge < -0.3 is 10.2 Å². The van der Waals surface area contributed by atoms with Gasteiger partial charge in [0.1, 0.15) is 0 Å². The van der Waals surface area contributed by atoms with Gasteiger partial charge >= 0.3 is 0 Å². The van der Waals surface area contributed by atoms with Gasteiger partial charge in [0.25, 0.3) is 0 Å². The zero-order valence-electron chi connectivity index (χ0n) is 12.8. The lowest BCUT2D eigenvalue weighted by Crippen LogP contribution is -2.33. The fraction of sp³-hybridized carbons (Fsp3) is 0.647. The molecule has 3 unspecified atom stereocenters. The highest BCUT2D eigenvalue weighted by Gasteiger charge is 2.25. The van der Waals surface area contributed by atoms with E-state index in [9.17, 15) is 0 Å². The summed E-state index contributed by atoms with van der Waals surface area (Å²) in [5, 5.41) is 3.73. The molecule has 0 aliphatic heterocycles. The lowest BCUT2D eigenvalue weighted by Gasteiger charge is -2.34. The van der Waals surface area contributed by atoms with Crippen LogP contribution in [0.2, 0.25) is 0 Å². The van der Waals surface area contributed by atoms with E-state index >= 15 is 0 Å². The molecule has 0 bridgehead atoms. The second kappa shape index (κ2) is 6.42. The lowest BCUT2D eigenvalue weighted by atomic mass is 9.80. The summed E-state index contributed by atoms with van der Waals surface area (Å²) in [6.45, 7) is 5.77. The Morgan fingerprint density at radius 1 is 1.11 bits per heavy atom. The van der Waals surface area contributed by atoms with E-state index in [-0.39, 0.29) is 0 Å². The Kier molecular flexibility index (Phi) is 4.87. The summed E-state index contributed by atoms with van der Waals surface area (Å²) >= 11 is 0. The molecule has 0 aromatic heterocycles. The molecular formula is C17H28N2. The van der Waals surface area contributed by atoms with E-state index in [4.69, 9.17) is 0 Å². The molecule has 1 aromatic rings. The van der Waals surface area contributed by atoms with Gasteiger partial charge in [-0.2, -0.15) is 0 Å². The molecule has 1 aromatic carbocycles. The molecule has 106 valence electrons. The SMILES string of the molecule is CC1CCC(C)C(Nc2ccc(CN(C)C)cc2)C1. The maximum absolute atomic E-state index is 3.73. The quantitative estimate of drug-likeness (QED) is 0.880. The van der Waals surface area contributed by atoms with Crippen LogP contribution in [0.25, 0.3) is 0 Å². The van der Waals surface area contributed by atoms with Crippen molar-refractivity contribution in [3.05, 3.63) is 29.8 Å². The summed E-state index contributed by atoms with van der Waals surface area (Å²) in [4.78, 5) is 2.20. The van der Waals surface area contributed by atoms with Crippen molar-refractivity contribution in [3.63, 3.8) is 0 Å². The summed E-state index contributed by atoms with van der Waals surface area (Å²) in [7, 11) is 4.22. The van der Waals surface area contributed by atoms with Gasteiger partial charge in [0.2, 0.25) is 0 Å². The van der Waals surface area contributed by atoms with Gasteiger partial charge in [-0.1, -0.05) is 32.4 Å². The molecule has 1 aliphatic carbocycles. The van der Waals surface area contributed by atoms with Crippen LogP contribution >= 0.6 is 0 Å². The van der Waals surface area contributed by atoms with Crippen molar-refractivity contribution in [2.75, 3.05) is 19.4 Å². The third-order valence-corrected chi connectivity index (χ3v) is 4.26. The highest BCUT2D eigenvalue weighted by molar-refractivity contribution is 5.45. The number of anilines is 1. The molecule has 19 heavy (non-hydrogen) atoms. The first kappa shape index (κ1) is 14.4. The Balaban J connectivity index is 1.95. The normalized spacial score (nSPS) is 27.5. The van der Waals surface area contributed by atoms with Crippen LogP contribution in [0.4, 0.5) is 5.69 Å². The Labute approximate surface area is 118 Å². The lowest BCUT2D eigenvalue weighted by molar-refractivity contribution is 0.280. The molecule has 3 atom stereocenters. The van der Waals surface area contributed by atoms with Crippen molar-refractivity contribution in [2.24, 2.45) is 11.8 Å². The first-order valence-corrected chi connectivity index (χ1v) is 7.55. The van der Waals surface area contributed by atoms with Crippen molar-refractivity contribution in [2.45, 2.75) is 45.7 Å². The second-order valence-corrected chi connectivity index (χ2v) is 6.58. The molecule has 0 amide bonds. The number of benzene rings is 1. The van der Waals surface area contributed by atoms with Gasteiger partial charge in [0.05, 0.1) is 0 Å². The van der Waals surface area contributed by atoms with E-state index < -0.39 is 0 Å². The number of nitrogens with one attached hydrogen (secondary N) is 1. The van der Waals surface area contributed by atoms with Crippen molar-refractivity contribution < 1.29 is 0 Å². The van der Waals surface area contributed by atoms with Gasteiger partial charge in [0.15, 0.2) is 0 Å². The van der Waals surface area contributed by atoms with Crippen molar-refractivity contribution in [1.29, 1.82) is 0 Å². The van der Waals surface area contributed by atoms with Crippen molar-refractivity contribution >= 4 is 5.69 Å². The van der Waals surface area contributed by atoms with Crippen LogP contribution < -0.4 is 5.32 Å². The number of nitrogens with zero attached hydrogens (tertiary/aromatic N) is 1. The molecule has 1 saturated carbocycles. The van der Waals surface area contributed by atoms with Crippen LogP contribution in [0.5, 0.6) is 0 Å². The van der Waals surface area contributed by atoms with Crippen LogP contribution in [-0.2, 0) is 6.54 Å². The predicted octanol–water partition coefficient (Wildman–Crippen LogP) is 3.98. The highest BCUT2D eigenvalue weighted by atomic mass is 15.0. The van der Waals surface area contributed by atoms with Crippen molar-refractivity contribution in [3.8, 4) is 0 Å². The molecule has 0 radical (unpaired) electrons. The van der Waals surface area contributed by atoms with Gasteiger partial charge in [-0.25, -0.2) is 0 Å². The van der Waals surface area contributed by atoms with E-state index in [1.165, 1.54) is 30.5 Å². The van der Waals surface area contributed by atoms with E-state index in [2.05, 4.69) is 62.4 Å². The molecule has 2 nitrogen and oxygen atoms in total. The summed E-state index contributed by atoms with van der Waals surface area (Å²) < 4.78 is 0. The largest absolute Gasteiger partial charge is 0.382 e. The molecule has 0 spiro atoms. The van der Waals surface area contributed by atoms with Crippen LogP contribution in [-0.4, -0.2) is 25.0 Å². The Morgan fingerprint density at radius 3 is 2.42 bits per heavy atom. The van der Waals surface area contributed by atoms with Crippen LogP contribution in [0.1, 0.15) is 38.7 Å². The maximum Gasteiger partial charge on any atom is 0.0342 e. The molecule has 1 N–H and O–H groups in total. The molecule has 1 fully saturated rings. The summed E-state index contributed by atoms with van der Waals surface area (Å²) in [6.07, 6.45) is 4.05. The van der Waals surface area contributed by atoms with Crippen LogP contribution in [0.3, 0.4) is 0 Å². The zero-order valence-corrected chi connectivity index (χ0v) is 12.8. The third-order valence-electron chi connectivity index (χ3n) is 4.26. The Hall–Kier alpha value is -1.02. The average molecular weight is 260 g/mol. The van der Waals surface area contributed by atoms with Gasteiger partial charge in [-0.3, -0.25) is 0 Å². The molecule has 2 rings (SSSR count). The first-order chi connectivity index (χ1) is 9.04. The second-order valence-electron chi connectivity index (χ2n) is 6.58. The summed E-state index contributed by atoms with van der Waals surface area (Å²) in [5.41, 5.74) is 2.65. The molecule has 0 heterocycles. The fourth-order valence-corrected chi connectivity index (χ4v) is 3.02. The fourth-order valence-electron chi connectivity index (χ4n) is 3.02. The van der Waals surface area contributed by atoms with E-state index in [1.807, 2.05) is 0 Å². The van der Waals surface area contributed by atoms with Crippen LogP contribution in [0.15, 0.2) is 24.3 Å². The molecule has 2 heteroatoms. The van der Waals surface area contributed by atoms with E-state index in [0.29, 0.717) is 6.04 Å².